The van der Waals surface area contributed by atoms with Crippen LogP contribution in [0.3, 0.4) is 0 Å². The molecule has 94 valence electrons. The Labute approximate surface area is 104 Å². The molecule has 0 aromatic heterocycles. The first-order valence-corrected chi connectivity index (χ1v) is 5.11. The van der Waals surface area contributed by atoms with Crippen molar-refractivity contribution in [2.24, 2.45) is 5.92 Å². The standard InChI is InChI=1S/C11H12F2N2O.ClH/c12-9-2-1-8(3-10(9)13)11(16)15-6-7-4-14-5-7;/h1-3,7,14H,4-6H2,(H,15,16);1H. The van der Waals surface area contributed by atoms with Crippen molar-refractivity contribution in [1.82, 2.24) is 10.6 Å². The Bertz CT molecular complexity index is 410. The van der Waals surface area contributed by atoms with Crippen molar-refractivity contribution in [3.63, 3.8) is 0 Å². The van der Waals surface area contributed by atoms with Crippen molar-refractivity contribution in [2.75, 3.05) is 19.6 Å². The zero-order valence-electron chi connectivity index (χ0n) is 9.00. The van der Waals surface area contributed by atoms with Crippen molar-refractivity contribution >= 4 is 18.3 Å². The van der Waals surface area contributed by atoms with Crippen LogP contribution in [0.2, 0.25) is 0 Å². The maximum atomic E-state index is 12.9. The fraction of sp³-hybridized carbons (Fsp3) is 0.364. The molecule has 0 bridgehead atoms. The number of carbonyl (C=O) groups is 1. The molecule has 0 unspecified atom stereocenters. The minimum Gasteiger partial charge on any atom is -0.352 e. The van der Waals surface area contributed by atoms with Gasteiger partial charge in [-0.2, -0.15) is 0 Å². The van der Waals surface area contributed by atoms with Gasteiger partial charge < -0.3 is 10.6 Å². The summed E-state index contributed by atoms with van der Waals surface area (Å²) >= 11 is 0. The lowest BCUT2D eigenvalue weighted by molar-refractivity contribution is 0.0941. The number of amides is 1. The van der Waals surface area contributed by atoms with E-state index in [1.54, 1.807) is 0 Å². The van der Waals surface area contributed by atoms with Gasteiger partial charge in [0.2, 0.25) is 0 Å². The predicted octanol–water partition coefficient (Wildman–Crippen LogP) is 1.34. The highest BCUT2D eigenvalue weighted by Crippen LogP contribution is 2.09. The first-order valence-electron chi connectivity index (χ1n) is 5.11. The lowest BCUT2D eigenvalue weighted by Crippen LogP contribution is -2.48. The second-order valence-corrected chi connectivity index (χ2v) is 3.86. The fourth-order valence-electron chi connectivity index (χ4n) is 1.47. The number of hydrogen-bond donors (Lipinski definition) is 2. The van der Waals surface area contributed by atoms with Crippen molar-refractivity contribution in [3.8, 4) is 0 Å². The van der Waals surface area contributed by atoms with E-state index < -0.39 is 11.6 Å². The van der Waals surface area contributed by atoms with Gasteiger partial charge in [-0.15, -0.1) is 12.4 Å². The van der Waals surface area contributed by atoms with E-state index in [0.29, 0.717) is 12.5 Å². The van der Waals surface area contributed by atoms with Gasteiger partial charge in [0, 0.05) is 31.1 Å². The van der Waals surface area contributed by atoms with Crippen LogP contribution in [-0.2, 0) is 0 Å². The Hall–Kier alpha value is -1.20. The van der Waals surface area contributed by atoms with Crippen molar-refractivity contribution in [3.05, 3.63) is 35.4 Å². The molecule has 0 spiro atoms. The first kappa shape index (κ1) is 13.9. The van der Waals surface area contributed by atoms with Gasteiger partial charge in [-0.3, -0.25) is 4.79 Å². The summed E-state index contributed by atoms with van der Waals surface area (Å²) in [6.45, 7) is 2.33. The molecule has 1 aromatic carbocycles. The summed E-state index contributed by atoms with van der Waals surface area (Å²) in [6, 6.07) is 3.13. The summed E-state index contributed by atoms with van der Waals surface area (Å²) in [5.74, 6) is -1.88. The van der Waals surface area contributed by atoms with Gasteiger partial charge in [0.15, 0.2) is 11.6 Å². The Balaban J connectivity index is 0.00000144. The molecule has 1 amide bonds. The van der Waals surface area contributed by atoms with E-state index in [9.17, 15) is 13.6 Å². The molecule has 2 rings (SSSR count). The van der Waals surface area contributed by atoms with E-state index in [2.05, 4.69) is 10.6 Å². The number of halogens is 3. The smallest absolute Gasteiger partial charge is 0.251 e. The zero-order valence-corrected chi connectivity index (χ0v) is 9.82. The second kappa shape index (κ2) is 5.93. The largest absolute Gasteiger partial charge is 0.352 e. The van der Waals surface area contributed by atoms with Crippen LogP contribution in [-0.4, -0.2) is 25.5 Å². The van der Waals surface area contributed by atoms with Crippen LogP contribution in [0.4, 0.5) is 8.78 Å². The number of rotatable bonds is 3. The maximum Gasteiger partial charge on any atom is 0.251 e. The highest BCUT2D eigenvalue weighted by molar-refractivity contribution is 5.94. The van der Waals surface area contributed by atoms with Crippen LogP contribution in [0.15, 0.2) is 18.2 Å². The van der Waals surface area contributed by atoms with Crippen LogP contribution in [0, 0.1) is 17.6 Å². The molecule has 1 fully saturated rings. The Kier molecular flexibility index (Phi) is 4.84. The van der Waals surface area contributed by atoms with Crippen LogP contribution in [0.25, 0.3) is 0 Å². The van der Waals surface area contributed by atoms with Gasteiger partial charge in [-0.05, 0) is 18.2 Å². The molecule has 3 nitrogen and oxygen atoms in total. The minimum atomic E-state index is -1.00. The lowest BCUT2D eigenvalue weighted by Gasteiger charge is -2.27. The number of benzene rings is 1. The average molecular weight is 263 g/mol. The summed E-state index contributed by atoms with van der Waals surface area (Å²) in [7, 11) is 0. The van der Waals surface area contributed by atoms with Gasteiger partial charge in [0.05, 0.1) is 0 Å². The third-order valence-electron chi connectivity index (χ3n) is 2.60. The highest BCUT2D eigenvalue weighted by atomic mass is 35.5. The van der Waals surface area contributed by atoms with E-state index in [1.807, 2.05) is 0 Å². The summed E-state index contributed by atoms with van der Waals surface area (Å²) < 4.78 is 25.5. The molecule has 0 saturated carbocycles. The van der Waals surface area contributed by atoms with Crippen molar-refractivity contribution < 1.29 is 13.6 Å². The molecule has 0 aliphatic carbocycles. The van der Waals surface area contributed by atoms with Crippen LogP contribution in [0.5, 0.6) is 0 Å². The molecule has 1 aliphatic heterocycles. The summed E-state index contributed by atoms with van der Waals surface area (Å²) in [4.78, 5) is 11.5. The van der Waals surface area contributed by atoms with Crippen LogP contribution >= 0.6 is 12.4 Å². The molecule has 0 radical (unpaired) electrons. The van der Waals surface area contributed by atoms with E-state index in [4.69, 9.17) is 0 Å². The van der Waals surface area contributed by atoms with Gasteiger partial charge >= 0.3 is 0 Å². The number of hydrogen-bond acceptors (Lipinski definition) is 2. The number of nitrogens with one attached hydrogen (secondary N) is 2. The maximum absolute atomic E-state index is 12.9. The van der Waals surface area contributed by atoms with Gasteiger partial charge in [-0.1, -0.05) is 0 Å². The van der Waals surface area contributed by atoms with Crippen molar-refractivity contribution in [1.29, 1.82) is 0 Å². The van der Waals surface area contributed by atoms with Crippen LogP contribution in [0.1, 0.15) is 10.4 Å². The van der Waals surface area contributed by atoms with E-state index in [-0.39, 0.29) is 23.9 Å². The average Bonchev–Trinajstić information content (AvgIpc) is 2.19. The monoisotopic (exact) mass is 262 g/mol. The molecule has 0 atom stereocenters. The van der Waals surface area contributed by atoms with E-state index in [0.717, 1.165) is 25.2 Å². The summed E-state index contributed by atoms with van der Waals surface area (Å²) in [6.07, 6.45) is 0. The minimum absolute atomic E-state index is 0. The first-order chi connectivity index (χ1) is 7.66. The predicted molar refractivity (Wildman–Crippen MR) is 62.3 cm³/mol. The molecule has 1 aliphatic rings. The normalized spacial score (nSPS) is 14.7. The SMILES string of the molecule is Cl.O=C(NCC1CNC1)c1ccc(F)c(F)c1. The van der Waals surface area contributed by atoms with E-state index >= 15 is 0 Å². The Morgan fingerprint density at radius 2 is 2.06 bits per heavy atom. The molecule has 17 heavy (non-hydrogen) atoms. The molecular formula is C11H13ClF2N2O. The quantitative estimate of drug-likeness (QED) is 0.863. The molecule has 2 N–H and O–H groups in total. The molecule has 1 saturated heterocycles. The topological polar surface area (TPSA) is 41.1 Å². The second-order valence-electron chi connectivity index (χ2n) is 3.86. The third-order valence-corrected chi connectivity index (χ3v) is 2.60. The van der Waals surface area contributed by atoms with Gasteiger partial charge in [0.1, 0.15) is 0 Å². The Morgan fingerprint density at radius 1 is 1.35 bits per heavy atom. The zero-order chi connectivity index (χ0) is 11.5. The molecule has 1 aromatic rings. The van der Waals surface area contributed by atoms with Crippen molar-refractivity contribution in [2.45, 2.75) is 0 Å². The molecule has 1 heterocycles. The van der Waals surface area contributed by atoms with E-state index in [1.165, 1.54) is 6.07 Å². The lowest BCUT2D eigenvalue weighted by atomic mass is 10.0. The summed E-state index contributed by atoms with van der Waals surface area (Å²) in [5, 5.41) is 5.76. The third kappa shape index (κ3) is 3.38. The fourth-order valence-corrected chi connectivity index (χ4v) is 1.47. The van der Waals surface area contributed by atoms with Crippen LogP contribution < -0.4 is 10.6 Å². The van der Waals surface area contributed by atoms with Gasteiger partial charge in [-0.25, -0.2) is 8.78 Å². The van der Waals surface area contributed by atoms with Gasteiger partial charge in [0.25, 0.3) is 5.91 Å². The molecular weight excluding hydrogens is 250 g/mol. The Morgan fingerprint density at radius 3 is 2.59 bits per heavy atom. The highest BCUT2D eigenvalue weighted by Gasteiger charge is 2.17. The summed E-state index contributed by atoms with van der Waals surface area (Å²) in [5.41, 5.74) is 0.145. The number of carbonyl (C=O) groups excluding carboxylic acids is 1. The molecule has 6 heteroatoms.